The van der Waals surface area contributed by atoms with Crippen molar-refractivity contribution in [1.82, 2.24) is 20.1 Å². The van der Waals surface area contributed by atoms with Crippen LogP contribution in [-0.2, 0) is 13.1 Å². The normalized spacial score (nSPS) is 14.3. The molecule has 1 N–H and O–H groups in total. The molecule has 1 saturated heterocycles. The van der Waals surface area contributed by atoms with Crippen LogP contribution in [0, 0.1) is 6.92 Å². The summed E-state index contributed by atoms with van der Waals surface area (Å²) in [7, 11) is 3.78. The number of piperidine rings is 1. The van der Waals surface area contributed by atoms with Crippen molar-refractivity contribution < 1.29 is 4.79 Å². The van der Waals surface area contributed by atoms with Crippen LogP contribution in [0.15, 0.2) is 34.6 Å². The molecule has 1 amide bonds. The van der Waals surface area contributed by atoms with Crippen molar-refractivity contribution in [3.8, 4) is 0 Å². The summed E-state index contributed by atoms with van der Waals surface area (Å²) in [5.41, 5.74) is 2.88. The number of nitrogens with zero attached hydrogens (tertiary/aromatic N) is 4. The minimum absolute atomic E-state index is 0. The highest BCUT2D eigenvalue weighted by Gasteiger charge is 2.18. The lowest BCUT2D eigenvalue weighted by atomic mass is 10.1. The van der Waals surface area contributed by atoms with E-state index in [0.29, 0.717) is 13.1 Å². The average Bonchev–Trinajstić information content (AvgIpc) is 3.13. The molecule has 1 aromatic heterocycles. The van der Waals surface area contributed by atoms with Crippen molar-refractivity contribution in [2.24, 2.45) is 4.99 Å². The maximum absolute atomic E-state index is 12.7. The second kappa shape index (κ2) is 11.5. The number of thiazole rings is 1. The van der Waals surface area contributed by atoms with Gasteiger partial charge in [0.05, 0.1) is 17.2 Å². The number of hydrogen-bond donors (Lipinski definition) is 1. The zero-order valence-corrected chi connectivity index (χ0v) is 20.5. The van der Waals surface area contributed by atoms with E-state index >= 15 is 0 Å². The molecule has 0 aliphatic carbocycles. The third-order valence-electron chi connectivity index (χ3n) is 4.91. The summed E-state index contributed by atoms with van der Waals surface area (Å²) in [4.78, 5) is 25.6. The molecule has 29 heavy (non-hydrogen) atoms. The van der Waals surface area contributed by atoms with E-state index in [1.165, 1.54) is 6.42 Å². The van der Waals surface area contributed by atoms with Gasteiger partial charge < -0.3 is 15.1 Å². The molecule has 3 rings (SSSR count). The number of carbonyl (C=O) groups excluding carboxylic acids is 1. The van der Waals surface area contributed by atoms with E-state index < -0.39 is 0 Å². The summed E-state index contributed by atoms with van der Waals surface area (Å²) < 4.78 is 0. The average molecular weight is 527 g/mol. The summed E-state index contributed by atoms with van der Waals surface area (Å²) >= 11 is 1.66. The van der Waals surface area contributed by atoms with Gasteiger partial charge in [-0.25, -0.2) is 4.98 Å². The molecule has 1 aliphatic heterocycles. The van der Waals surface area contributed by atoms with Crippen molar-refractivity contribution >= 4 is 47.2 Å². The van der Waals surface area contributed by atoms with Crippen molar-refractivity contribution in [3.63, 3.8) is 0 Å². The van der Waals surface area contributed by atoms with Crippen molar-refractivity contribution in [1.29, 1.82) is 0 Å². The predicted molar refractivity (Wildman–Crippen MR) is 130 cm³/mol. The maximum Gasteiger partial charge on any atom is 0.253 e. The van der Waals surface area contributed by atoms with E-state index in [4.69, 9.17) is 0 Å². The number of hydrogen-bond acceptors (Lipinski definition) is 4. The van der Waals surface area contributed by atoms with Gasteiger partial charge in [0.25, 0.3) is 5.91 Å². The molecule has 0 radical (unpaired) electrons. The Kier molecular flexibility index (Phi) is 9.35. The van der Waals surface area contributed by atoms with Gasteiger partial charge in [0.15, 0.2) is 5.96 Å². The van der Waals surface area contributed by atoms with Crippen LogP contribution in [0.2, 0.25) is 0 Å². The fraction of sp³-hybridized carbons (Fsp3) is 0.476. The Morgan fingerprint density at radius 1 is 1.31 bits per heavy atom. The molecule has 0 spiro atoms. The zero-order chi connectivity index (χ0) is 19.9. The second-order valence-corrected chi connectivity index (χ2v) is 8.23. The monoisotopic (exact) mass is 527 g/mol. The molecule has 0 bridgehead atoms. The van der Waals surface area contributed by atoms with Crippen LogP contribution in [0.5, 0.6) is 0 Å². The zero-order valence-electron chi connectivity index (χ0n) is 17.4. The highest BCUT2D eigenvalue weighted by atomic mass is 127. The summed E-state index contributed by atoms with van der Waals surface area (Å²) in [5, 5.41) is 6.53. The number of carbonyl (C=O) groups is 1. The van der Waals surface area contributed by atoms with Gasteiger partial charge in [0.2, 0.25) is 0 Å². The Hall–Kier alpha value is -1.68. The molecule has 8 heteroatoms. The molecule has 158 valence electrons. The molecule has 1 fully saturated rings. The number of halogens is 1. The van der Waals surface area contributed by atoms with Crippen LogP contribution in [-0.4, -0.2) is 53.8 Å². The smallest absolute Gasteiger partial charge is 0.253 e. The van der Waals surface area contributed by atoms with Gasteiger partial charge >= 0.3 is 0 Å². The summed E-state index contributed by atoms with van der Waals surface area (Å²) in [6, 6.07) is 7.89. The lowest BCUT2D eigenvalue weighted by Crippen LogP contribution is -2.38. The van der Waals surface area contributed by atoms with Crippen molar-refractivity contribution in [2.75, 3.05) is 27.2 Å². The first-order chi connectivity index (χ1) is 13.6. The van der Waals surface area contributed by atoms with Crippen LogP contribution in [0.3, 0.4) is 0 Å². The minimum Gasteiger partial charge on any atom is -0.352 e. The Bertz CT molecular complexity index is 832. The van der Waals surface area contributed by atoms with Crippen LogP contribution in [0.1, 0.15) is 45.9 Å². The highest BCUT2D eigenvalue weighted by molar-refractivity contribution is 14.0. The number of nitrogens with one attached hydrogen (secondary N) is 1. The molecule has 1 aromatic carbocycles. The number of guanidine groups is 1. The third kappa shape index (κ3) is 6.67. The summed E-state index contributed by atoms with van der Waals surface area (Å²) in [5.74, 6) is 0.945. The maximum atomic E-state index is 12.7. The summed E-state index contributed by atoms with van der Waals surface area (Å²) in [6.07, 6.45) is 3.43. The lowest BCUT2D eigenvalue weighted by Gasteiger charge is -2.27. The van der Waals surface area contributed by atoms with E-state index in [-0.39, 0.29) is 29.9 Å². The van der Waals surface area contributed by atoms with E-state index in [1.807, 2.05) is 43.1 Å². The number of aryl methyl sites for hydroxylation is 1. The van der Waals surface area contributed by atoms with E-state index in [1.54, 1.807) is 18.4 Å². The first-order valence-electron chi connectivity index (χ1n) is 9.78. The van der Waals surface area contributed by atoms with Crippen LogP contribution < -0.4 is 5.32 Å². The Morgan fingerprint density at radius 2 is 2.07 bits per heavy atom. The Balaban J connectivity index is 0.00000300. The van der Waals surface area contributed by atoms with E-state index in [2.05, 4.69) is 25.6 Å². The molecule has 1 aliphatic rings. The third-order valence-corrected chi connectivity index (χ3v) is 5.73. The van der Waals surface area contributed by atoms with Crippen LogP contribution >= 0.6 is 35.3 Å². The number of amides is 1. The molecule has 0 atom stereocenters. The van der Waals surface area contributed by atoms with Gasteiger partial charge in [0, 0.05) is 44.7 Å². The van der Waals surface area contributed by atoms with Crippen LogP contribution in [0.25, 0.3) is 0 Å². The number of aliphatic imine (C=N–C) groups is 1. The fourth-order valence-corrected chi connectivity index (χ4v) is 4.06. The van der Waals surface area contributed by atoms with Crippen molar-refractivity contribution in [2.45, 2.75) is 39.3 Å². The van der Waals surface area contributed by atoms with Gasteiger partial charge in [0.1, 0.15) is 0 Å². The van der Waals surface area contributed by atoms with Gasteiger partial charge in [-0.2, -0.15) is 0 Å². The molecule has 2 aromatic rings. The molecular formula is C21H30IN5OS. The fourth-order valence-electron chi connectivity index (χ4n) is 3.46. The largest absolute Gasteiger partial charge is 0.352 e. The van der Waals surface area contributed by atoms with E-state index in [0.717, 1.165) is 53.7 Å². The minimum atomic E-state index is 0. The molecule has 6 nitrogen and oxygen atoms in total. The molecule has 2 heterocycles. The quantitative estimate of drug-likeness (QED) is 0.364. The standard InChI is InChI=1S/C21H29N5OS.HI/c1-16-24-19(15-28-16)14-25(3)21(22-2)23-13-17-8-7-9-18(12-17)20(27)26-10-5-4-6-11-26;/h7-9,12,15H,4-6,10-11,13-14H2,1-3H3,(H,22,23);1H. The molecule has 0 saturated carbocycles. The first kappa shape index (κ1) is 23.6. The topological polar surface area (TPSA) is 60.8 Å². The van der Waals surface area contributed by atoms with Gasteiger partial charge in [-0.05, 0) is 43.9 Å². The molecular weight excluding hydrogens is 497 g/mol. The SMILES string of the molecule is CN=C(NCc1cccc(C(=O)N2CCCCC2)c1)N(C)Cc1csc(C)n1.I. The Labute approximate surface area is 194 Å². The van der Waals surface area contributed by atoms with Gasteiger partial charge in [-0.3, -0.25) is 9.79 Å². The van der Waals surface area contributed by atoms with Gasteiger partial charge in [-0.15, -0.1) is 35.3 Å². The first-order valence-corrected chi connectivity index (χ1v) is 10.7. The number of aromatic nitrogens is 1. The van der Waals surface area contributed by atoms with E-state index in [9.17, 15) is 4.79 Å². The Morgan fingerprint density at radius 3 is 2.72 bits per heavy atom. The lowest BCUT2D eigenvalue weighted by molar-refractivity contribution is 0.0724. The number of benzene rings is 1. The second-order valence-electron chi connectivity index (χ2n) is 7.17. The molecule has 0 unspecified atom stereocenters. The predicted octanol–water partition coefficient (Wildman–Crippen LogP) is 3.90. The number of rotatable bonds is 5. The summed E-state index contributed by atoms with van der Waals surface area (Å²) in [6.45, 7) is 5.08. The van der Waals surface area contributed by atoms with Crippen LogP contribution in [0.4, 0.5) is 0 Å². The van der Waals surface area contributed by atoms with Crippen molar-refractivity contribution in [3.05, 3.63) is 51.5 Å². The van der Waals surface area contributed by atoms with Gasteiger partial charge in [-0.1, -0.05) is 12.1 Å². The highest BCUT2D eigenvalue weighted by Crippen LogP contribution is 2.15. The number of likely N-dealkylation sites (tertiary alicyclic amines) is 1.